The number of carbonyl (C=O) groups excluding carboxylic acids is 1. The Hall–Kier alpha value is -1.24. The number of rotatable bonds is 3. The van der Waals surface area contributed by atoms with Gasteiger partial charge in [-0.15, -0.1) is 22.7 Å². The molecule has 0 spiro atoms. The summed E-state index contributed by atoms with van der Waals surface area (Å²) in [5, 5.41) is 5.21. The molecular formula is C14H17N3OS2. The molecule has 3 heterocycles. The summed E-state index contributed by atoms with van der Waals surface area (Å²) >= 11 is 3.23. The van der Waals surface area contributed by atoms with E-state index in [1.54, 1.807) is 11.3 Å². The van der Waals surface area contributed by atoms with Crippen molar-refractivity contribution in [3.05, 3.63) is 38.5 Å². The Kier molecular flexibility index (Phi) is 4.14. The molecule has 2 aromatic heterocycles. The maximum absolute atomic E-state index is 12.2. The highest BCUT2D eigenvalue weighted by Crippen LogP contribution is 2.16. The molecule has 0 atom stereocenters. The monoisotopic (exact) mass is 307 g/mol. The molecule has 0 saturated carbocycles. The molecule has 0 bridgehead atoms. The van der Waals surface area contributed by atoms with E-state index in [1.807, 2.05) is 29.3 Å². The van der Waals surface area contributed by atoms with Crippen molar-refractivity contribution in [3.8, 4) is 0 Å². The number of aromatic nitrogens is 1. The Morgan fingerprint density at radius 2 is 2.10 bits per heavy atom. The molecule has 0 N–H and O–H groups in total. The highest BCUT2D eigenvalue weighted by atomic mass is 32.1. The fourth-order valence-electron chi connectivity index (χ4n) is 2.33. The van der Waals surface area contributed by atoms with Gasteiger partial charge in [-0.25, -0.2) is 4.98 Å². The van der Waals surface area contributed by atoms with Crippen molar-refractivity contribution in [1.29, 1.82) is 0 Å². The van der Waals surface area contributed by atoms with Gasteiger partial charge < -0.3 is 4.90 Å². The molecular weight excluding hydrogens is 290 g/mol. The number of nitrogens with zero attached hydrogens (tertiary/aromatic N) is 3. The van der Waals surface area contributed by atoms with Gasteiger partial charge in [0.25, 0.3) is 5.91 Å². The van der Waals surface area contributed by atoms with Crippen molar-refractivity contribution in [3.63, 3.8) is 0 Å². The van der Waals surface area contributed by atoms with E-state index in [9.17, 15) is 4.79 Å². The summed E-state index contributed by atoms with van der Waals surface area (Å²) in [6.45, 7) is 6.39. The average Bonchev–Trinajstić information content (AvgIpc) is 3.11. The predicted molar refractivity (Wildman–Crippen MR) is 82.4 cm³/mol. The van der Waals surface area contributed by atoms with Crippen LogP contribution in [0.1, 0.15) is 20.4 Å². The summed E-state index contributed by atoms with van der Waals surface area (Å²) in [7, 11) is 0. The van der Waals surface area contributed by atoms with E-state index in [1.165, 1.54) is 16.3 Å². The van der Waals surface area contributed by atoms with Gasteiger partial charge in [0.2, 0.25) is 0 Å². The highest BCUT2D eigenvalue weighted by Gasteiger charge is 2.23. The van der Waals surface area contributed by atoms with Crippen LogP contribution in [-0.4, -0.2) is 46.9 Å². The normalized spacial score (nSPS) is 16.6. The molecule has 0 radical (unpaired) electrons. The van der Waals surface area contributed by atoms with Crippen molar-refractivity contribution in [2.24, 2.45) is 0 Å². The molecule has 20 heavy (non-hydrogen) atoms. The number of aryl methyl sites for hydroxylation is 1. The number of hydrogen-bond acceptors (Lipinski definition) is 5. The molecule has 1 aliphatic rings. The standard InChI is InChI=1S/C14H17N3OS2/c1-11-10-20-13(15-11)9-16-4-6-17(7-5-16)14(18)12-3-2-8-19-12/h2-3,8,10H,4-7,9H2,1H3. The summed E-state index contributed by atoms with van der Waals surface area (Å²) in [6.07, 6.45) is 0. The van der Waals surface area contributed by atoms with E-state index < -0.39 is 0 Å². The third kappa shape index (κ3) is 3.08. The van der Waals surface area contributed by atoms with Gasteiger partial charge in [0.05, 0.1) is 11.4 Å². The first-order valence-electron chi connectivity index (χ1n) is 6.68. The molecule has 1 amide bonds. The Bertz CT molecular complexity index is 571. The molecule has 106 valence electrons. The van der Waals surface area contributed by atoms with E-state index in [2.05, 4.69) is 15.3 Å². The first kappa shape index (κ1) is 13.7. The number of thiazole rings is 1. The zero-order chi connectivity index (χ0) is 13.9. The van der Waals surface area contributed by atoms with Crippen LogP contribution in [-0.2, 0) is 6.54 Å². The first-order valence-corrected chi connectivity index (χ1v) is 8.44. The van der Waals surface area contributed by atoms with Crippen LogP contribution in [0.3, 0.4) is 0 Å². The van der Waals surface area contributed by atoms with Gasteiger partial charge in [-0.05, 0) is 18.4 Å². The van der Waals surface area contributed by atoms with Gasteiger partial charge in [-0.3, -0.25) is 9.69 Å². The van der Waals surface area contributed by atoms with Crippen LogP contribution in [0.2, 0.25) is 0 Å². The number of thiophene rings is 1. The smallest absolute Gasteiger partial charge is 0.264 e. The van der Waals surface area contributed by atoms with Crippen molar-refractivity contribution in [2.75, 3.05) is 26.2 Å². The van der Waals surface area contributed by atoms with Gasteiger partial charge in [0.15, 0.2) is 0 Å². The lowest BCUT2D eigenvalue weighted by molar-refractivity contribution is 0.0633. The Morgan fingerprint density at radius 3 is 2.70 bits per heavy atom. The predicted octanol–water partition coefficient (Wildman–Crippen LogP) is 2.47. The van der Waals surface area contributed by atoms with Gasteiger partial charge >= 0.3 is 0 Å². The van der Waals surface area contributed by atoms with Crippen molar-refractivity contribution >= 4 is 28.6 Å². The third-order valence-electron chi connectivity index (χ3n) is 3.42. The molecule has 6 heteroatoms. The molecule has 3 rings (SSSR count). The summed E-state index contributed by atoms with van der Waals surface area (Å²) in [5.74, 6) is 0.171. The lowest BCUT2D eigenvalue weighted by atomic mass is 10.3. The summed E-state index contributed by atoms with van der Waals surface area (Å²) in [6, 6.07) is 3.83. The minimum atomic E-state index is 0.171. The second-order valence-corrected chi connectivity index (χ2v) is 6.82. The number of carbonyl (C=O) groups is 1. The van der Waals surface area contributed by atoms with E-state index in [4.69, 9.17) is 0 Å². The number of hydrogen-bond donors (Lipinski definition) is 0. The fourth-order valence-corrected chi connectivity index (χ4v) is 3.84. The Labute approximate surface area is 126 Å². The second kappa shape index (κ2) is 6.03. The molecule has 1 aliphatic heterocycles. The minimum absolute atomic E-state index is 0.171. The molecule has 1 fully saturated rings. The van der Waals surface area contributed by atoms with Gasteiger partial charge in [0.1, 0.15) is 5.01 Å². The van der Waals surface area contributed by atoms with Crippen LogP contribution in [0.4, 0.5) is 0 Å². The lowest BCUT2D eigenvalue weighted by Gasteiger charge is -2.34. The third-order valence-corrected chi connectivity index (χ3v) is 5.23. The Morgan fingerprint density at radius 1 is 1.30 bits per heavy atom. The van der Waals surface area contributed by atoms with Crippen LogP contribution in [0.15, 0.2) is 22.9 Å². The zero-order valence-electron chi connectivity index (χ0n) is 11.4. The maximum Gasteiger partial charge on any atom is 0.264 e. The summed E-state index contributed by atoms with van der Waals surface area (Å²) in [5.41, 5.74) is 1.09. The molecule has 4 nitrogen and oxygen atoms in total. The van der Waals surface area contributed by atoms with Crippen LogP contribution < -0.4 is 0 Å². The number of piperazine rings is 1. The van der Waals surface area contributed by atoms with Crippen molar-refractivity contribution in [1.82, 2.24) is 14.8 Å². The molecule has 0 aromatic carbocycles. The minimum Gasteiger partial charge on any atom is -0.335 e. The second-order valence-electron chi connectivity index (χ2n) is 4.93. The molecule has 0 unspecified atom stereocenters. The first-order chi connectivity index (χ1) is 9.72. The average molecular weight is 307 g/mol. The van der Waals surface area contributed by atoms with Crippen LogP contribution in [0, 0.1) is 6.92 Å². The molecule has 2 aromatic rings. The highest BCUT2D eigenvalue weighted by molar-refractivity contribution is 7.12. The summed E-state index contributed by atoms with van der Waals surface area (Å²) < 4.78 is 0. The summed E-state index contributed by atoms with van der Waals surface area (Å²) in [4.78, 5) is 21.9. The number of amides is 1. The van der Waals surface area contributed by atoms with Crippen LogP contribution in [0.5, 0.6) is 0 Å². The quantitative estimate of drug-likeness (QED) is 0.874. The molecule has 0 aliphatic carbocycles. The van der Waals surface area contributed by atoms with E-state index in [0.717, 1.165) is 43.3 Å². The van der Waals surface area contributed by atoms with Crippen molar-refractivity contribution in [2.45, 2.75) is 13.5 Å². The van der Waals surface area contributed by atoms with Crippen LogP contribution >= 0.6 is 22.7 Å². The lowest BCUT2D eigenvalue weighted by Crippen LogP contribution is -2.48. The van der Waals surface area contributed by atoms with E-state index in [-0.39, 0.29) is 5.91 Å². The molecule has 1 saturated heterocycles. The van der Waals surface area contributed by atoms with Gasteiger partial charge in [0, 0.05) is 37.3 Å². The maximum atomic E-state index is 12.2. The fraction of sp³-hybridized carbons (Fsp3) is 0.429. The van der Waals surface area contributed by atoms with Crippen molar-refractivity contribution < 1.29 is 4.79 Å². The van der Waals surface area contributed by atoms with Gasteiger partial charge in [-0.2, -0.15) is 0 Å². The topological polar surface area (TPSA) is 36.4 Å². The SMILES string of the molecule is Cc1csc(CN2CCN(C(=O)c3cccs3)CC2)n1. The zero-order valence-corrected chi connectivity index (χ0v) is 13.0. The van der Waals surface area contributed by atoms with E-state index >= 15 is 0 Å². The van der Waals surface area contributed by atoms with E-state index in [0.29, 0.717) is 0 Å². The Balaban J connectivity index is 1.53. The van der Waals surface area contributed by atoms with Gasteiger partial charge in [-0.1, -0.05) is 6.07 Å². The van der Waals surface area contributed by atoms with Crippen LogP contribution in [0.25, 0.3) is 0 Å². The largest absolute Gasteiger partial charge is 0.335 e.